The lowest BCUT2D eigenvalue weighted by atomic mass is 9.84. The molecule has 0 bridgehead atoms. The molecule has 1 aromatic heterocycles. The first kappa shape index (κ1) is 28.5. The number of hydrogen-bond acceptors (Lipinski definition) is 6. The maximum absolute atomic E-state index is 13.7. The molecule has 206 valence electrons. The molecule has 2 N–H and O–H groups in total. The van der Waals surface area contributed by atoms with Gasteiger partial charge in [-0.2, -0.15) is 0 Å². The van der Waals surface area contributed by atoms with Crippen molar-refractivity contribution in [3.63, 3.8) is 0 Å². The Hall–Kier alpha value is -2.46. The van der Waals surface area contributed by atoms with Gasteiger partial charge in [0.1, 0.15) is 12.6 Å². The largest absolute Gasteiger partial charge is 0.370 e. The third-order valence-corrected chi connectivity index (χ3v) is 8.05. The van der Waals surface area contributed by atoms with Crippen LogP contribution in [0.15, 0.2) is 36.4 Å². The van der Waals surface area contributed by atoms with Crippen LogP contribution < -0.4 is 15.5 Å². The molecular weight excluding hydrogens is 524 g/mol. The number of thiophene rings is 1. The number of hydrogen-bond donors (Lipinski definition) is 2. The predicted molar refractivity (Wildman–Crippen MR) is 152 cm³/mol. The van der Waals surface area contributed by atoms with E-state index in [9.17, 15) is 14.4 Å². The third kappa shape index (κ3) is 7.79. The Labute approximate surface area is 233 Å². The van der Waals surface area contributed by atoms with Crippen molar-refractivity contribution in [1.29, 1.82) is 0 Å². The highest BCUT2D eigenvalue weighted by molar-refractivity contribution is 7.18. The third-order valence-electron chi connectivity index (χ3n) is 6.82. The minimum Gasteiger partial charge on any atom is -0.370 e. The molecule has 8 nitrogen and oxygen atoms in total. The lowest BCUT2D eigenvalue weighted by Gasteiger charge is -2.40. The van der Waals surface area contributed by atoms with E-state index < -0.39 is 6.04 Å². The highest BCUT2D eigenvalue weighted by Gasteiger charge is 2.33. The number of benzene rings is 1. The van der Waals surface area contributed by atoms with Crippen LogP contribution in [0.1, 0.15) is 49.7 Å². The van der Waals surface area contributed by atoms with E-state index in [1.807, 2.05) is 12.1 Å². The molecule has 1 aromatic carbocycles. The number of rotatable bonds is 10. The Bertz CT molecular complexity index is 1130. The molecule has 4 rings (SSSR count). The van der Waals surface area contributed by atoms with E-state index in [0.29, 0.717) is 34.0 Å². The summed E-state index contributed by atoms with van der Waals surface area (Å²) in [6.07, 6.45) is 3.55. The van der Waals surface area contributed by atoms with Gasteiger partial charge in [-0.1, -0.05) is 38.8 Å². The average molecular weight is 561 g/mol. The van der Waals surface area contributed by atoms with E-state index in [4.69, 9.17) is 16.3 Å². The smallest absolute Gasteiger partial charge is 0.261 e. The molecule has 0 radical (unpaired) electrons. The zero-order chi connectivity index (χ0) is 27.3. The molecule has 1 saturated carbocycles. The summed E-state index contributed by atoms with van der Waals surface area (Å²) in [6, 6.07) is 10.1. The number of morpholine rings is 1. The summed E-state index contributed by atoms with van der Waals surface area (Å²) < 4.78 is 5.76. The van der Waals surface area contributed by atoms with Gasteiger partial charge in [0.05, 0.1) is 15.8 Å². The molecule has 2 heterocycles. The van der Waals surface area contributed by atoms with Crippen molar-refractivity contribution in [2.75, 3.05) is 49.6 Å². The first-order chi connectivity index (χ1) is 18.1. The zero-order valence-electron chi connectivity index (χ0n) is 22.3. The van der Waals surface area contributed by atoms with Crippen LogP contribution in [0.3, 0.4) is 0 Å². The quantitative estimate of drug-likeness (QED) is 0.441. The fourth-order valence-corrected chi connectivity index (χ4v) is 5.72. The Kier molecular flexibility index (Phi) is 9.46. The fraction of sp³-hybridized carbons (Fsp3) is 0.536. The van der Waals surface area contributed by atoms with Crippen LogP contribution in [0.2, 0.25) is 4.34 Å². The lowest BCUT2D eigenvalue weighted by molar-refractivity contribution is -0.125. The normalized spacial score (nSPS) is 17.3. The zero-order valence-corrected chi connectivity index (χ0v) is 23.9. The number of carbonyl (C=O) groups excluding carboxylic acids is 3. The number of ether oxygens (including phenoxy) is 1. The highest BCUT2D eigenvalue weighted by Crippen LogP contribution is 2.30. The van der Waals surface area contributed by atoms with Crippen molar-refractivity contribution in [3.05, 3.63) is 45.6 Å². The molecule has 1 aliphatic carbocycles. The summed E-state index contributed by atoms with van der Waals surface area (Å²) in [4.78, 5) is 43.1. The van der Waals surface area contributed by atoms with Crippen LogP contribution >= 0.6 is 22.9 Å². The van der Waals surface area contributed by atoms with Gasteiger partial charge in [0.15, 0.2) is 0 Å². The van der Waals surface area contributed by atoms with Crippen molar-refractivity contribution < 1.29 is 19.1 Å². The summed E-state index contributed by atoms with van der Waals surface area (Å²) in [6.45, 7) is 9.28. The summed E-state index contributed by atoms with van der Waals surface area (Å²) >= 11 is 7.23. The minimum atomic E-state index is -0.547. The molecule has 10 heteroatoms. The minimum absolute atomic E-state index is 0.0279. The number of nitrogens with one attached hydrogen (secondary N) is 2. The number of nitrogens with zero attached hydrogens (tertiary/aromatic N) is 2. The van der Waals surface area contributed by atoms with E-state index in [-0.39, 0.29) is 36.3 Å². The molecule has 1 atom stereocenters. The first-order valence-corrected chi connectivity index (χ1v) is 14.3. The van der Waals surface area contributed by atoms with Crippen LogP contribution in [0, 0.1) is 11.3 Å². The first-order valence-electron chi connectivity index (χ1n) is 13.2. The van der Waals surface area contributed by atoms with E-state index >= 15 is 0 Å². The van der Waals surface area contributed by atoms with Gasteiger partial charge in [0, 0.05) is 37.6 Å². The van der Waals surface area contributed by atoms with E-state index in [1.54, 1.807) is 29.2 Å². The van der Waals surface area contributed by atoms with Gasteiger partial charge in [0.25, 0.3) is 11.8 Å². The SMILES string of the molecule is CC(C)(C)CN(CC1CCC1)[C@@H](CNC(=O)c1ccc(Cl)s1)C(=O)Nc1ccc(N2CCOCC2=O)cc1. The number of halogens is 1. The molecule has 1 aliphatic heterocycles. The Morgan fingerprint density at radius 3 is 2.50 bits per heavy atom. The summed E-state index contributed by atoms with van der Waals surface area (Å²) in [5.74, 6) is 0.0707. The van der Waals surface area contributed by atoms with Crippen molar-refractivity contribution >= 4 is 52.0 Å². The predicted octanol–water partition coefficient (Wildman–Crippen LogP) is 4.65. The van der Waals surface area contributed by atoms with Gasteiger partial charge in [-0.3, -0.25) is 19.3 Å². The molecule has 2 fully saturated rings. The Morgan fingerprint density at radius 1 is 1.18 bits per heavy atom. The maximum Gasteiger partial charge on any atom is 0.261 e. The van der Waals surface area contributed by atoms with Gasteiger partial charge in [-0.15, -0.1) is 11.3 Å². The van der Waals surface area contributed by atoms with Gasteiger partial charge in [-0.25, -0.2) is 0 Å². The van der Waals surface area contributed by atoms with E-state index in [2.05, 4.69) is 36.3 Å². The van der Waals surface area contributed by atoms with Crippen LogP contribution in [0.5, 0.6) is 0 Å². The summed E-state index contributed by atoms with van der Waals surface area (Å²) in [5.41, 5.74) is 1.38. The standard InChI is InChI=1S/C28H37ClN4O4S/c1-28(2,3)18-32(16-19-5-4-6-19)22(15-30-27(36)23-11-12-24(29)38-23)26(35)31-20-7-9-21(10-8-20)33-13-14-37-17-25(33)34/h7-12,19,22H,4-6,13-18H2,1-3H3,(H,30,36)(H,31,35)/t22-/m0/s1. The molecular formula is C28H37ClN4O4S. The molecule has 2 aliphatic rings. The Balaban J connectivity index is 1.50. The van der Waals surface area contributed by atoms with Crippen molar-refractivity contribution in [2.24, 2.45) is 11.3 Å². The number of anilines is 2. The topological polar surface area (TPSA) is 91.0 Å². The second-order valence-corrected chi connectivity index (χ2v) is 13.0. The van der Waals surface area contributed by atoms with Crippen LogP contribution in [-0.2, 0) is 14.3 Å². The molecule has 1 saturated heterocycles. The summed E-state index contributed by atoms with van der Waals surface area (Å²) in [5, 5.41) is 6.01. The van der Waals surface area contributed by atoms with E-state index in [1.165, 1.54) is 17.8 Å². The Morgan fingerprint density at radius 2 is 1.92 bits per heavy atom. The molecule has 0 spiro atoms. The second kappa shape index (κ2) is 12.6. The van der Waals surface area contributed by atoms with Gasteiger partial charge >= 0.3 is 0 Å². The van der Waals surface area contributed by atoms with Crippen LogP contribution in [0.25, 0.3) is 0 Å². The average Bonchev–Trinajstić information content (AvgIpc) is 3.27. The van der Waals surface area contributed by atoms with Crippen molar-refractivity contribution in [3.8, 4) is 0 Å². The lowest BCUT2D eigenvalue weighted by Crippen LogP contribution is -2.54. The summed E-state index contributed by atoms with van der Waals surface area (Å²) in [7, 11) is 0. The van der Waals surface area contributed by atoms with Gasteiger partial charge in [-0.05, 0) is 60.6 Å². The van der Waals surface area contributed by atoms with Gasteiger partial charge < -0.3 is 20.3 Å². The monoisotopic (exact) mass is 560 g/mol. The maximum atomic E-state index is 13.7. The van der Waals surface area contributed by atoms with E-state index in [0.717, 1.165) is 31.6 Å². The number of carbonyl (C=O) groups is 3. The fourth-order valence-electron chi connectivity index (χ4n) is 4.76. The molecule has 3 amide bonds. The van der Waals surface area contributed by atoms with Crippen LogP contribution in [-0.4, -0.2) is 68.1 Å². The van der Waals surface area contributed by atoms with Crippen molar-refractivity contribution in [2.45, 2.75) is 46.1 Å². The number of amides is 3. The molecule has 38 heavy (non-hydrogen) atoms. The van der Waals surface area contributed by atoms with Crippen molar-refractivity contribution in [1.82, 2.24) is 10.2 Å². The highest BCUT2D eigenvalue weighted by atomic mass is 35.5. The van der Waals surface area contributed by atoms with Gasteiger partial charge in [0.2, 0.25) is 5.91 Å². The van der Waals surface area contributed by atoms with Crippen LogP contribution in [0.4, 0.5) is 11.4 Å². The molecule has 2 aromatic rings. The molecule has 0 unspecified atom stereocenters. The second-order valence-electron chi connectivity index (χ2n) is 11.3.